The van der Waals surface area contributed by atoms with Crippen LogP contribution >= 0.6 is 11.6 Å². The fraction of sp³-hybridized carbons (Fsp3) is 0.125. The maximum atomic E-state index is 12.1. The molecule has 0 atom stereocenters. The molecule has 0 aliphatic rings. The topological polar surface area (TPSA) is 37.3 Å². The summed E-state index contributed by atoms with van der Waals surface area (Å²) in [5.41, 5.74) is -0.652. The smallest absolute Gasteiger partial charge is 0.337 e. The summed E-state index contributed by atoms with van der Waals surface area (Å²) in [6, 6.07) is 3.11. The number of hydrogen-bond acceptors (Lipinski definition) is 1. The van der Waals surface area contributed by atoms with Gasteiger partial charge in [-0.05, 0) is 12.1 Å². The van der Waals surface area contributed by atoms with Gasteiger partial charge in [0.25, 0.3) is 6.43 Å². The van der Waals surface area contributed by atoms with E-state index in [9.17, 15) is 13.6 Å². The molecular formula is C8H5ClF2O2. The normalized spacial score (nSPS) is 10.5. The first-order chi connectivity index (χ1) is 6.02. The fourth-order valence-corrected chi connectivity index (χ4v) is 1.04. The van der Waals surface area contributed by atoms with E-state index in [4.69, 9.17) is 16.7 Å². The molecule has 0 radical (unpaired) electrons. The van der Waals surface area contributed by atoms with Gasteiger partial charge >= 0.3 is 5.97 Å². The Balaban J connectivity index is 3.19. The van der Waals surface area contributed by atoms with Gasteiger partial charge in [-0.1, -0.05) is 17.7 Å². The Labute approximate surface area is 77.8 Å². The van der Waals surface area contributed by atoms with E-state index in [0.29, 0.717) is 0 Å². The molecule has 70 valence electrons. The Hall–Kier alpha value is -1.16. The van der Waals surface area contributed by atoms with Crippen LogP contribution in [0, 0.1) is 0 Å². The van der Waals surface area contributed by atoms with Crippen LogP contribution in [0.1, 0.15) is 22.3 Å². The maximum Gasteiger partial charge on any atom is 0.337 e. The number of carboxylic acids is 1. The van der Waals surface area contributed by atoms with Gasteiger partial charge < -0.3 is 5.11 Å². The van der Waals surface area contributed by atoms with Crippen LogP contribution in [0.3, 0.4) is 0 Å². The van der Waals surface area contributed by atoms with Crippen molar-refractivity contribution in [2.75, 3.05) is 0 Å². The molecule has 0 fully saturated rings. The number of carbonyl (C=O) groups is 1. The molecule has 13 heavy (non-hydrogen) atoms. The third-order valence-electron chi connectivity index (χ3n) is 1.47. The summed E-state index contributed by atoms with van der Waals surface area (Å²) in [6.07, 6.45) is -2.68. The van der Waals surface area contributed by atoms with E-state index in [1.165, 1.54) is 0 Å². The lowest BCUT2D eigenvalue weighted by atomic mass is 10.1. The Morgan fingerprint density at radius 3 is 2.54 bits per heavy atom. The summed E-state index contributed by atoms with van der Waals surface area (Å²) in [6.45, 7) is 0. The number of rotatable bonds is 2. The second kappa shape index (κ2) is 3.70. The van der Waals surface area contributed by atoms with Gasteiger partial charge in [-0.15, -0.1) is 0 Å². The van der Waals surface area contributed by atoms with Gasteiger partial charge in [0.15, 0.2) is 0 Å². The second-order valence-electron chi connectivity index (χ2n) is 2.35. The summed E-state index contributed by atoms with van der Waals surface area (Å²) < 4.78 is 24.2. The van der Waals surface area contributed by atoms with Crippen molar-refractivity contribution in [1.82, 2.24) is 0 Å². The summed E-state index contributed by atoms with van der Waals surface area (Å²) in [4.78, 5) is 10.5. The highest BCUT2D eigenvalue weighted by Gasteiger charge is 2.13. The van der Waals surface area contributed by atoms with Gasteiger partial charge in [0, 0.05) is 5.56 Å². The lowest BCUT2D eigenvalue weighted by molar-refractivity contribution is 0.0696. The molecule has 1 aromatic rings. The number of carboxylic acid groups (broad SMARTS) is 1. The van der Waals surface area contributed by atoms with Crippen LogP contribution in [-0.4, -0.2) is 11.1 Å². The number of aromatic carboxylic acids is 1. The van der Waals surface area contributed by atoms with E-state index in [0.717, 1.165) is 18.2 Å². The molecule has 0 unspecified atom stereocenters. The van der Waals surface area contributed by atoms with Crippen LogP contribution in [0.5, 0.6) is 0 Å². The molecule has 0 amide bonds. The summed E-state index contributed by atoms with van der Waals surface area (Å²) >= 11 is 5.47. The molecule has 0 heterocycles. The van der Waals surface area contributed by atoms with Crippen LogP contribution in [0.25, 0.3) is 0 Å². The molecule has 0 saturated heterocycles. The minimum Gasteiger partial charge on any atom is -0.478 e. The van der Waals surface area contributed by atoms with Crippen molar-refractivity contribution in [3.8, 4) is 0 Å². The average molecular weight is 207 g/mol. The van der Waals surface area contributed by atoms with Gasteiger partial charge in [0.05, 0.1) is 10.6 Å². The van der Waals surface area contributed by atoms with Crippen molar-refractivity contribution < 1.29 is 18.7 Å². The van der Waals surface area contributed by atoms with Crippen LogP contribution in [-0.2, 0) is 0 Å². The zero-order valence-electron chi connectivity index (χ0n) is 6.30. The van der Waals surface area contributed by atoms with Crippen LogP contribution in [0.4, 0.5) is 8.78 Å². The largest absolute Gasteiger partial charge is 0.478 e. The first kappa shape index (κ1) is 9.92. The molecule has 5 heteroatoms. The molecule has 1 rings (SSSR count). The van der Waals surface area contributed by atoms with Crippen molar-refractivity contribution in [2.24, 2.45) is 0 Å². The Morgan fingerprint density at radius 2 is 2.08 bits per heavy atom. The zero-order chi connectivity index (χ0) is 10.0. The highest BCUT2D eigenvalue weighted by atomic mass is 35.5. The van der Waals surface area contributed by atoms with Crippen LogP contribution in [0.2, 0.25) is 5.02 Å². The SMILES string of the molecule is O=C(O)c1cc(C(F)F)ccc1Cl. The van der Waals surface area contributed by atoms with Gasteiger partial charge in [0.2, 0.25) is 0 Å². The summed E-state index contributed by atoms with van der Waals surface area (Å²) in [5.74, 6) is -1.31. The van der Waals surface area contributed by atoms with E-state index in [2.05, 4.69) is 0 Å². The minimum absolute atomic E-state index is 0.0445. The standard InChI is InChI=1S/C8H5ClF2O2/c9-6-2-1-4(7(10)11)3-5(6)8(12)13/h1-3,7H,(H,12,13). The molecule has 0 saturated carbocycles. The van der Waals surface area contributed by atoms with Crippen molar-refractivity contribution in [3.63, 3.8) is 0 Å². The third-order valence-corrected chi connectivity index (χ3v) is 1.80. The highest BCUT2D eigenvalue weighted by Crippen LogP contribution is 2.24. The number of alkyl halides is 2. The van der Waals surface area contributed by atoms with Gasteiger partial charge in [-0.25, -0.2) is 13.6 Å². The van der Waals surface area contributed by atoms with E-state index < -0.39 is 12.4 Å². The quantitative estimate of drug-likeness (QED) is 0.808. The molecule has 0 bridgehead atoms. The Morgan fingerprint density at radius 1 is 1.46 bits per heavy atom. The number of hydrogen-bond donors (Lipinski definition) is 1. The van der Waals surface area contributed by atoms with Gasteiger partial charge in [0.1, 0.15) is 0 Å². The van der Waals surface area contributed by atoms with Crippen molar-refractivity contribution in [1.29, 1.82) is 0 Å². The minimum atomic E-state index is -2.68. The first-order valence-corrected chi connectivity index (χ1v) is 3.71. The lowest BCUT2D eigenvalue weighted by Crippen LogP contribution is -1.99. The average Bonchev–Trinajstić information content (AvgIpc) is 2.04. The van der Waals surface area contributed by atoms with E-state index >= 15 is 0 Å². The van der Waals surface area contributed by atoms with Crippen LogP contribution in [0.15, 0.2) is 18.2 Å². The van der Waals surface area contributed by atoms with Crippen molar-refractivity contribution in [2.45, 2.75) is 6.43 Å². The molecule has 0 aliphatic heterocycles. The Kier molecular flexibility index (Phi) is 2.83. The van der Waals surface area contributed by atoms with Gasteiger partial charge in [-0.3, -0.25) is 0 Å². The van der Waals surface area contributed by atoms with E-state index in [1.807, 2.05) is 0 Å². The predicted octanol–water partition coefficient (Wildman–Crippen LogP) is 2.98. The van der Waals surface area contributed by atoms with E-state index in [1.54, 1.807) is 0 Å². The Bertz CT molecular complexity index is 339. The molecule has 0 spiro atoms. The van der Waals surface area contributed by atoms with Crippen LogP contribution < -0.4 is 0 Å². The predicted molar refractivity (Wildman–Crippen MR) is 43.4 cm³/mol. The molecular weight excluding hydrogens is 202 g/mol. The lowest BCUT2D eigenvalue weighted by Gasteiger charge is -2.02. The van der Waals surface area contributed by atoms with Gasteiger partial charge in [-0.2, -0.15) is 0 Å². The monoisotopic (exact) mass is 206 g/mol. The summed E-state index contributed by atoms with van der Waals surface area (Å²) in [5, 5.41) is 8.50. The third kappa shape index (κ3) is 2.15. The molecule has 0 aliphatic carbocycles. The fourth-order valence-electron chi connectivity index (χ4n) is 0.843. The van der Waals surface area contributed by atoms with Crippen molar-refractivity contribution >= 4 is 17.6 Å². The molecule has 1 N–H and O–H groups in total. The maximum absolute atomic E-state index is 12.1. The molecule has 1 aromatic carbocycles. The summed E-state index contributed by atoms with van der Waals surface area (Å²) in [7, 11) is 0. The van der Waals surface area contributed by atoms with E-state index in [-0.39, 0.29) is 16.1 Å². The molecule has 2 nitrogen and oxygen atoms in total. The zero-order valence-corrected chi connectivity index (χ0v) is 7.05. The van der Waals surface area contributed by atoms with Crippen molar-refractivity contribution in [3.05, 3.63) is 34.3 Å². The second-order valence-corrected chi connectivity index (χ2v) is 2.75. The first-order valence-electron chi connectivity index (χ1n) is 3.33. The molecule has 0 aromatic heterocycles. The number of halogens is 3. The highest BCUT2D eigenvalue weighted by molar-refractivity contribution is 6.33. The number of benzene rings is 1.